The third-order valence-electron chi connectivity index (χ3n) is 5.75. The van der Waals surface area contributed by atoms with Gasteiger partial charge in [0.25, 0.3) is 5.91 Å². The minimum Gasteiger partial charge on any atom is -0.467 e. The SMILES string of the molecule is O=C(COc1ncnc2ccccc12)N1CCC[C@H](c2ncc(Cc3ccccc3)o2)C1. The van der Waals surface area contributed by atoms with E-state index in [1.54, 1.807) is 6.20 Å². The molecule has 5 rings (SSSR count). The largest absolute Gasteiger partial charge is 0.467 e. The van der Waals surface area contributed by atoms with E-state index in [0.717, 1.165) is 29.5 Å². The molecule has 2 aromatic carbocycles. The van der Waals surface area contributed by atoms with Crippen molar-refractivity contribution in [1.29, 1.82) is 0 Å². The van der Waals surface area contributed by atoms with Crippen LogP contribution in [0.2, 0.25) is 0 Å². The van der Waals surface area contributed by atoms with Gasteiger partial charge in [0, 0.05) is 19.5 Å². The number of nitrogens with zero attached hydrogens (tertiary/aromatic N) is 4. The summed E-state index contributed by atoms with van der Waals surface area (Å²) in [7, 11) is 0. The summed E-state index contributed by atoms with van der Waals surface area (Å²) in [6, 6.07) is 17.8. The highest BCUT2D eigenvalue weighted by atomic mass is 16.5. The summed E-state index contributed by atoms with van der Waals surface area (Å²) in [4.78, 5) is 27.6. The van der Waals surface area contributed by atoms with Crippen LogP contribution in [0.25, 0.3) is 10.9 Å². The highest BCUT2D eigenvalue weighted by Gasteiger charge is 2.28. The lowest BCUT2D eigenvalue weighted by molar-refractivity contribution is -0.134. The molecule has 1 atom stereocenters. The van der Waals surface area contributed by atoms with Crippen LogP contribution in [0.3, 0.4) is 0 Å². The second kappa shape index (κ2) is 9.18. The maximum atomic E-state index is 12.8. The van der Waals surface area contributed by atoms with Gasteiger partial charge in [-0.15, -0.1) is 0 Å². The molecule has 0 bridgehead atoms. The van der Waals surface area contributed by atoms with E-state index in [-0.39, 0.29) is 18.4 Å². The van der Waals surface area contributed by atoms with Crippen molar-refractivity contribution in [3.8, 4) is 5.88 Å². The fourth-order valence-electron chi connectivity index (χ4n) is 4.11. The number of ether oxygens (including phenoxy) is 1. The predicted octanol–water partition coefficient (Wildman–Crippen LogP) is 3.99. The molecule has 0 unspecified atom stereocenters. The van der Waals surface area contributed by atoms with Crippen LogP contribution < -0.4 is 4.74 Å². The van der Waals surface area contributed by atoms with E-state index < -0.39 is 0 Å². The summed E-state index contributed by atoms with van der Waals surface area (Å²) >= 11 is 0. The van der Waals surface area contributed by atoms with Crippen LogP contribution in [0.1, 0.15) is 36.0 Å². The summed E-state index contributed by atoms with van der Waals surface area (Å²) in [6.07, 6.45) is 5.82. The van der Waals surface area contributed by atoms with Crippen molar-refractivity contribution in [1.82, 2.24) is 19.9 Å². The molecule has 4 aromatic rings. The predicted molar refractivity (Wildman–Crippen MR) is 119 cm³/mol. The lowest BCUT2D eigenvalue weighted by Crippen LogP contribution is -2.41. The lowest BCUT2D eigenvalue weighted by atomic mass is 9.98. The first-order valence-corrected chi connectivity index (χ1v) is 10.8. The minimum atomic E-state index is -0.0616. The van der Waals surface area contributed by atoms with Crippen LogP contribution in [-0.2, 0) is 11.2 Å². The van der Waals surface area contributed by atoms with E-state index in [2.05, 4.69) is 27.1 Å². The number of hydrogen-bond donors (Lipinski definition) is 0. The first kappa shape index (κ1) is 20.2. The van der Waals surface area contributed by atoms with Gasteiger partial charge in [-0.1, -0.05) is 42.5 Å². The van der Waals surface area contributed by atoms with Crippen LogP contribution >= 0.6 is 0 Å². The van der Waals surface area contributed by atoms with Gasteiger partial charge < -0.3 is 14.1 Å². The Labute approximate surface area is 186 Å². The molecule has 0 spiro atoms. The van der Waals surface area contributed by atoms with Crippen molar-refractivity contribution in [3.05, 3.63) is 84.3 Å². The molecular weight excluding hydrogens is 404 g/mol. The number of likely N-dealkylation sites (tertiary alicyclic amines) is 1. The number of para-hydroxylation sites is 1. The Hall–Kier alpha value is -3.74. The van der Waals surface area contributed by atoms with Gasteiger partial charge in [-0.2, -0.15) is 0 Å². The first-order valence-electron chi connectivity index (χ1n) is 10.8. The van der Waals surface area contributed by atoms with Gasteiger partial charge in [0.05, 0.1) is 23.0 Å². The third-order valence-corrected chi connectivity index (χ3v) is 5.75. The number of fused-ring (bicyclic) bond motifs is 1. The average molecular weight is 428 g/mol. The molecule has 1 aliphatic rings. The number of carbonyl (C=O) groups excluding carboxylic acids is 1. The average Bonchev–Trinajstić information content (AvgIpc) is 3.32. The molecule has 2 aromatic heterocycles. The zero-order valence-corrected chi connectivity index (χ0v) is 17.7. The number of oxazole rings is 1. The summed E-state index contributed by atoms with van der Waals surface area (Å²) in [5.41, 5.74) is 1.98. The highest BCUT2D eigenvalue weighted by Crippen LogP contribution is 2.27. The quantitative estimate of drug-likeness (QED) is 0.462. The summed E-state index contributed by atoms with van der Waals surface area (Å²) < 4.78 is 11.8. The van der Waals surface area contributed by atoms with Crippen LogP contribution in [0, 0.1) is 0 Å². The van der Waals surface area contributed by atoms with Crippen molar-refractivity contribution >= 4 is 16.8 Å². The molecular formula is C25H24N4O3. The lowest BCUT2D eigenvalue weighted by Gasteiger charge is -2.31. The fraction of sp³-hybridized carbons (Fsp3) is 0.280. The molecule has 0 N–H and O–H groups in total. The van der Waals surface area contributed by atoms with Crippen LogP contribution in [0.5, 0.6) is 5.88 Å². The molecule has 1 aliphatic heterocycles. The van der Waals surface area contributed by atoms with Gasteiger partial charge in [0.2, 0.25) is 5.88 Å². The third kappa shape index (κ3) is 4.46. The van der Waals surface area contributed by atoms with Gasteiger partial charge in [0.15, 0.2) is 12.5 Å². The topological polar surface area (TPSA) is 81.4 Å². The molecule has 7 nitrogen and oxygen atoms in total. The van der Waals surface area contributed by atoms with Crippen molar-refractivity contribution in [3.63, 3.8) is 0 Å². The number of hydrogen-bond acceptors (Lipinski definition) is 6. The van der Waals surface area contributed by atoms with E-state index in [1.807, 2.05) is 47.4 Å². The van der Waals surface area contributed by atoms with Gasteiger partial charge in [-0.25, -0.2) is 15.0 Å². The number of aromatic nitrogens is 3. The van der Waals surface area contributed by atoms with Gasteiger partial charge >= 0.3 is 0 Å². The molecule has 1 amide bonds. The zero-order valence-electron chi connectivity index (χ0n) is 17.7. The van der Waals surface area contributed by atoms with Crippen LogP contribution in [0.4, 0.5) is 0 Å². The van der Waals surface area contributed by atoms with E-state index in [9.17, 15) is 4.79 Å². The van der Waals surface area contributed by atoms with E-state index in [1.165, 1.54) is 11.9 Å². The summed E-state index contributed by atoms with van der Waals surface area (Å²) in [5, 5.41) is 0.796. The van der Waals surface area contributed by atoms with E-state index in [4.69, 9.17) is 9.15 Å². The molecule has 162 valence electrons. The monoisotopic (exact) mass is 428 g/mol. The van der Waals surface area contributed by atoms with Crippen molar-refractivity contribution < 1.29 is 13.9 Å². The Morgan fingerprint density at radius 1 is 1.06 bits per heavy atom. The van der Waals surface area contributed by atoms with E-state index >= 15 is 0 Å². The Bertz CT molecular complexity index is 1200. The molecule has 32 heavy (non-hydrogen) atoms. The molecule has 3 heterocycles. The number of rotatable bonds is 6. The highest BCUT2D eigenvalue weighted by molar-refractivity contribution is 5.84. The first-order chi connectivity index (χ1) is 15.8. The Kier molecular flexibility index (Phi) is 5.79. The second-order valence-electron chi connectivity index (χ2n) is 7.99. The number of piperidine rings is 1. The van der Waals surface area contributed by atoms with Gasteiger partial charge in [0.1, 0.15) is 12.1 Å². The molecule has 7 heteroatoms. The fourth-order valence-corrected chi connectivity index (χ4v) is 4.11. The van der Waals surface area contributed by atoms with Gasteiger partial charge in [-0.05, 0) is 30.5 Å². The maximum Gasteiger partial charge on any atom is 0.260 e. The molecule has 0 saturated carbocycles. The Morgan fingerprint density at radius 3 is 2.81 bits per heavy atom. The second-order valence-corrected chi connectivity index (χ2v) is 7.99. The standard InChI is InChI=1S/C25H24N4O3/c30-23(16-31-25-21-10-4-5-11-22(21)27-17-28-25)29-12-6-9-19(15-29)24-26-14-20(32-24)13-18-7-2-1-3-8-18/h1-5,7-8,10-11,14,17,19H,6,9,12-13,15-16H2/t19-/m0/s1. The summed E-state index contributed by atoms with van der Waals surface area (Å²) in [5.74, 6) is 2.01. The normalized spacial score (nSPS) is 16.2. The number of carbonyl (C=O) groups is 1. The Morgan fingerprint density at radius 2 is 1.91 bits per heavy atom. The summed E-state index contributed by atoms with van der Waals surface area (Å²) in [6.45, 7) is 1.23. The minimum absolute atomic E-state index is 0.0570. The molecule has 1 fully saturated rings. The number of amides is 1. The molecule has 1 saturated heterocycles. The number of benzene rings is 2. The Balaban J connectivity index is 1.21. The van der Waals surface area contributed by atoms with Crippen molar-refractivity contribution in [2.45, 2.75) is 25.2 Å². The molecule has 0 radical (unpaired) electrons. The van der Waals surface area contributed by atoms with E-state index in [0.29, 0.717) is 31.3 Å². The molecule has 0 aliphatic carbocycles. The van der Waals surface area contributed by atoms with Gasteiger partial charge in [-0.3, -0.25) is 4.79 Å². The maximum absolute atomic E-state index is 12.8. The zero-order chi connectivity index (χ0) is 21.8. The smallest absolute Gasteiger partial charge is 0.260 e. The van der Waals surface area contributed by atoms with Crippen LogP contribution in [0.15, 0.2) is 71.5 Å². The van der Waals surface area contributed by atoms with Crippen LogP contribution in [-0.4, -0.2) is 45.5 Å². The van der Waals surface area contributed by atoms with Crippen molar-refractivity contribution in [2.24, 2.45) is 0 Å². The van der Waals surface area contributed by atoms with Crippen molar-refractivity contribution in [2.75, 3.05) is 19.7 Å².